The Hall–Kier alpha value is -3.15. The maximum Gasteiger partial charge on any atom is 0.271 e. The molecule has 0 aliphatic rings. The number of aryl methyl sites for hydroxylation is 1. The predicted octanol–water partition coefficient (Wildman–Crippen LogP) is 3.26. The zero-order valence-corrected chi connectivity index (χ0v) is 11.8. The molecule has 0 aliphatic carbocycles. The van der Waals surface area contributed by atoms with Crippen LogP contribution in [0.3, 0.4) is 0 Å². The number of hydrogen-bond acceptors (Lipinski definition) is 4. The first-order valence-electron chi connectivity index (χ1n) is 6.49. The molecule has 0 saturated heterocycles. The van der Waals surface area contributed by atoms with Gasteiger partial charge in [0.2, 0.25) is 5.91 Å². The van der Waals surface area contributed by atoms with Crippen molar-refractivity contribution in [2.24, 2.45) is 0 Å². The summed E-state index contributed by atoms with van der Waals surface area (Å²) in [6.07, 6.45) is 2.91. The Morgan fingerprint density at radius 1 is 1.23 bits per heavy atom. The van der Waals surface area contributed by atoms with Gasteiger partial charge in [-0.2, -0.15) is 0 Å². The number of hydrogen-bond donors (Lipinski definition) is 2. The van der Waals surface area contributed by atoms with Gasteiger partial charge in [0.1, 0.15) is 5.75 Å². The number of carbonyl (C=O) groups excluding carboxylic acids is 1. The van der Waals surface area contributed by atoms with E-state index in [9.17, 15) is 20.0 Å². The summed E-state index contributed by atoms with van der Waals surface area (Å²) in [6.45, 7) is 1.96. The van der Waals surface area contributed by atoms with Crippen LogP contribution < -0.4 is 5.32 Å². The summed E-state index contributed by atoms with van der Waals surface area (Å²) in [5, 5.41) is 22.7. The topological polar surface area (TPSA) is 92.5 Å². The fraction of sp³-hybridized carbons (Fsp3) is 0.0625. The minimum Gasteiger partial charge on any atom is -0.506 e. The SMILES string of the molecule is Cc1ccc(/C=C/C(=O)Nc2cc([N+](=O)[O-])ccc2O)cc1. The maximum atomic E-state index is 11.8. The molecule has 2 N–H and O–H groups in total. The van der Waals surface area contributed by atoms with Crippen molar-refractivity contribution >= 4 is 23.4 Å². The highest BCUT2D eigenvalue weighted by Crippen LogP contribution is 2.27. The van der Waals surface area contributed by atoms with Crippen molar-refractivity contribution < 1.29 is 14.8 Å². The summed E-state index contributed by atoms with van der Waals surface area (Å²) in [5.74, 6) is -0.723. The molecular weight excluding hydrogens is 284 g/mol. The number of non-ortho nitro benzene ring substituents is 1. The van der Waals surface area contributed by atoms with Gasteiger partial charge in [0.05, 0.1) is 10.6 Å². The summed E-state index contributed by atoms with van der Waals surface area (Å²) in [4.78, 5) is 21.9. The number of aromatic hydroxyl groups is 1. The van der Waals surface area contributed by atoms with Crippen molar-refractivity contribution in [3.8, 4) is 5.75 Å². The van der Waals surface area contributed by atoms with Crippen molar-refractivity contribution in [1.29, 1.82) is 0 Å². The molecule has 6 heteroatoms. The summed E-state index contributed by atoms with van der Waals surface area (Å²) >= 11 is 0. The van der Waals surface area contributed by atoms with Gasteiger partial charge in [-0.1, -0.05) is 29.8 Å². The van der Waals surface area contributed by atoms with Crippen LogP contribution in [0.25, 0.3) is 6.08 Å². The van der Waals surface area contributed by atoms with Gasteiger partial charge in [-0.15, -0.1) is 0 Å². The lowest BCUT2D eigenvalue weighted by atomic mass is 10.1. The summed E-state index contributed by atoms with van der Waals surface area (Å²) < 4.78 is 0. The van der Waals surface area contributed by atoms with Crippen molar-refractivity contribution in [2.75, 3.05) is 5.32 Å². The molecule has 0 atom stereocenters. The van der Waals surface area contributed by atoms with Crippen LogP contribution in [0.5, 0.6) is 5.75 Å². The third-order valence-corrected chi connectivity index (χ3v) is 2.95. The van der Waals surface area contributed by atoms with Crippen LogP contribution in [-0.2, 0) is 4.79 Å². The first-order chi connectivity index (χ1) is 10.5. The molecule has 22 heavy (non-hydrogen) atoms. The van der Waals surface area contributed by atoms with Crippen LogP contribution in [0.15, 0.2) is 48.5 Å². The largest absolute Gasteiger partial charge is 0.506 e. The fourth-order valence-electron chi connectivity index (χ4n) is 1.76. The van der Waals surface area contributed by atoms with Crippen LogP contribution in [0.4, 0.5) is 11.4 Å². The average Bonchev–Trinajstić information content (AvgIpc) is 2.48. The highest BCUT2D eigenvalue weighted by atomic mass is 16.6. The number of amides is 1. The molecule has 6 nitrogen and oxygen atoms in total. The van der Waals surface area contributed by atoms with Crippen LogP contribution in [0.2, 0.25) is 0 Å². The number of anilines is 1. The minimum atomic E-state index is -0.600. The van der Waals surface area contributed by atoms with E-state index in [0.29, 0.717) is 0 Å². The fourth-order valence-corrected chi connectivity index (χ4v) is 1.76. The lowest BCUT2D eigenvalue weighted by Crippen LogP contribution is -2.08. The van der Waals surface area contributed by atoms with Crippen LogP contribution >= 0.6 is 0 Å². The number of rotatable bonds is 4. The average molecular weight is 298 g/mol. The minimum absolute atomic E-state index is 0.00671. The van der Waals surface area contributed by atoms with Gasteiger partial charge in [0.15, 0.2) is 0 Å². The van der Waals surface area contributed by atoms with E-state index in [1.807, 2.05) is 31.2 Å². The zero-order chi connectivity index (χ0) is 16.1. The highest BCUT2D eigenvalue weighted by Gasteiger charge is 2.11. The van der Waals surface area contributed by atoms with Crippen LogP contribution in [0.1, 0.15) is 11.1 Å². The van der Waals surface area contributed by atoms with Crippen molar-refractivity contribution in [2.45, 2.75) is 6.92 Å². The van der Waals surface area contributed by atoms with E-state index in [2.05, 4.69) is 5.32 Å². The van der Waals surface area contributed by atoms with Crippen molar-refractivity contribution in [3.63, 3.8) is 0 Å². The third-order valence-electron chi connectivity index (χ3n) is 2.95. The molecule has 112 valence electrons. The second-order valence-corrected chi connectivity index (χ2v) is 4.69. The molecule has 0 saturated carbocycles. The van der Waals surface area contributed by atoms with Gasteiger partial charge in [-0.25, -0.2) is 0 Å². The summed E-state index contributed by atoms with van der Waals surface area (Å²) in [7, 11) is 0. The molecule has 0 aliphatic heterocycles. The molecule has 0 fully saturated rings. The molecule has 0 radical (unpaired) electrons. The molecule has 0 aromatic heterocycles. The standard InChI is InChI=1S/C16H14N2O4/c1-11-2-4-12(5-3-11)6-9-16(20)17-14-10-13(18(21)22)7-8-15(14)19/h2-10,19H,1H3,(H,17,20)/b9-6+. The van der Waals surface area contributed by atoms with Gasteiger partial charge >= 0.3 is 0 Å². The Morgan fingerprint density at radius 3 is 2.55 bits per heavy atom. The normalized spacial score (nSPS) is 10.6. The molecule has 0 unspecified atom stereocenters. The predicted molar refractivity (Wildman–Crippen MR) is 83.6 cm³/mol. The van der Waals surface area contributed by atoms with Crippen LogP contribution in [0, 0.1) is 17.0 Å². The number of nitro benzene ring substituents is 1. The van der Waals surface area contributed by atoms with Crippen molar-refractivity contribution in [3.05, 3.63) is 69.8 Å². The van der Waals surface area contributed by atoms with Gasteiger partial charge in [-0.05, 0) is 24.6 Å². The molecular formula is C16H14N2O4. The summed E-state index contributed by atoms with van der Waals surface area (Å²) in [5.41, 5.74) is 1.75. The highest BCUT2D eigenvalue weighted by molar-refractivity contribution is 6.02. The first-order valence-corrected chi connectivity index (χ1v) is 6.49. The Kier molecular flexibility index (Phi) is 4.53. The number of phenolic OH excluding ortho intramolecular Hbond substituents is 1. The van der Waals surface area contributed by atoms with Gasteiger partial charge in [0, 0.05) is 18.2 Å². The van der Waals surface area contributed by atoms with Gasteiger partial charge in [-0.3, -0.25) is 14.9 Å². The van der Waals surface area contributed by atoms with E-state index in [1.54, 1.807) is 6.08 Å². The number of benzene rings is 2. The Labute approximate surface area is 126 Å². The Balaban J connectivity index is 2.10. The summed E-state index contributed by atoms with van der Waals surface area (Å²) in [6, 6.07) is 11.0. The smallest absolute Gasteiger partial charge is 0.271 e. The molecule has 1 amide bonds. The molecule has 2 aromatic rings. The molecule has 2 aromatic carbocycles. The van der Waals surface area contributed by atoms with Gasteiger partial charge in [0.25, 0.3) is 5.69 Å². The molecule has 0 heterocycles. The molecule has 0 bridgehead atoms. The second kappa shape index (κ2) is 6.53. The third kappa shape index (κ3) is 3.92. The van der Waals surface area contributed by atoms with E-state index in [0.717, 1.165) is 29.3 Å². The van der Waals surface area contributed by atoms with E-state index in [-0.39, 0.29) is 17.1 Å². The molecule has 2 rings (SSSR count). The van der Waals surface area contributed by atoms with Crippen LogP contribution in [-0.4, -0.2) is 15.9 Å². The molecule has 0 spiro atoms. The van der Waals surface area contributed by atoms with Crippen molar-refractivity contribution in [1.82, 2.24) is 0 Å². The lowest BCUT2D eigenvalue weighted by Gasteiger charge is -2.04. The lowest BCUT2D eigenvalue weighted by molar-refractivity contribution is -0.384. The number of nitrogens with one attached hydrogen (secondary N) is 1. The Morgan fingerprint density at radius 2 is 1.91 bits per heavy atom. The second-order valence-electron chi connectivity index (χ2n) is 4.69. The number of carbonyl (C=O) groups is 1. The number of phenols is 1. The first kappa shape index (κ1) is 15.2. The Bertz CT molecular complexity index is 736. The maximum absolute atomic E-state index is 11.8. The van der Waals surface area contributed by atoms with E-state index in [4.69, 9.17) is 0 Å². The zero-order valence-electron chi connectivity index (χ0n) is 11.8. The van der Waals surface area contributed by atoms with Gasteiger partial charge < -0.3 is 10.4 Å². The number of nitrogens with zero attached hydrogens (tertiary/aromatic N) is 1. The van der Waals surface area contributed by atoms with E-state index >= 15 is 0 Å². The number of nitro groups is 1. The van der Waals surface area contributed by atoms with E-state index in [1.165, 1.54) is 6.08 Å². The monoisotopic (exact) mass is 298 g/mol. The quantitative estimate of drug-likeness (QED) is 0.392. The van der Waals surface area contributed by atoms with E-state index < -0.39 is 10.8 Å².